The van der Waals surface area contributed by atoms with Gasteiger partial charge in [0.25, 0.3) is 5.91 Å². The summed E-state index contributed by atoms with van der Waals surface area (Å²) in [5.41, 5.74) is 2.29. The van der Waals surface area contributed by atoms with Gasteiger partial charge in [-0.2, -0.15) is 5.10 Å². The molecule has 0 fully saturated rings. The number of aromatic amines is 1. The molecule has 0 saturated heterocycles. The molecule has 0 radical (unpaired) electrons. The van der Waals surface area contributed by atoms with E-state index in [1.54, 1.807) is 19.2 Å². The molecule has 8 heteroatoms. The topological polar surface area (TPSA) is 49.0 Å². The van der Waals surface area contributed by atoms with E-state index in [-0.39, 0.29) is 27.3 Å². The van der Waals surface area contributed by atoms with Gasteiger partial charge < -0.3 is 4.90 Å². The Morgan fingerprint density at radius 1 is 1.14 bits per heavy atom. The number of aromatic nitrogens is 2. The predicted molar refractivity (Wildman–Crippen MR) is 106 cm³/mol. The van der Waals surface area contributed by atoms with Crippen molar-refractivity contribution in [1.82, 2.24) is 15.1 Å². The molecule has 0 saturated carbocycles. The summed E-state index contributed by atoms with van der Waals surface area (Å²) in [5, 5.41) is 7.09. The Kier molecular flexibility index (Phi) is 6.31. The second-order valence-corrected chi connectivity index (χ2v) is 7.18. The van der Waals surface area contributed by atoms with E-state index in [0.29, 0.717) is 30.6 Å². The molecule has 1 N–H and O–H groups in total. The van der Waals surface area contributed by atoms with Crippen LogP contribution >= 0.6 is 23.2 Å². The minimum atomic E-state index is -0.690. The van der Waals surface area contributed by atoms with Gasteiger partial charge in [0.15, 0.2) is 0 Å². The van der Waals surface area contributed by atoms with Gasteiger partial charge in [0.05, 0.1) is 21.3 Å². The van der Waals surface area contributed by atoms with Crippen molar-refractivity contribution >= 4 is 29.1 Å². The summed E-state index contributed by atoms with van der Waals surface area (Å²) in [5.74, 6) is -1.39. The van der Waals surface area contributed by atoms with Gasteiger partial charge in [0, 0.05) is 24.8 Å². The number of aryl methyl sites for hydroxylation is 1. The number of halogens is 4. The number of nitrogens with zero attached hydrogens (tertiary/aromatic N) is 2. The molecule has 4 nitrogen and oxygen atoms in total. The van der Waals surface area contributed by atoms with Crippen molar-refractivity contribution in [1.29, 1.82) is 0 Å². The number of carbonyl (C=O) groups is 1. The third-order valence-corrected chi connectivity index (χ3v) is 4.88. The van der Waals surface area contributed by atoms with E-state index >= 15 is 0 Å². The Balaban J connectivity index is 1.58. The van der Waals surface area contributed by atoms with Gasteiger partial charge >= 0.3 is 0 Å². The summed E-state index contributed by atoms with van der Waals surface area (Å²) in [4.78, 5) is 13.9. The lowest BCUT2D eigenvalue weighted by atomic mass is 10.1. The van der Waals surface area contributed by atoms with Gasteiger partial charge in [-0.15, -0.1) is 0 Å². The first-order valence-electron chi connectivity index (χ1n) is 8.55. The quantitative estimate of drug-likeness (QED) is 0.542. The zero-order chi connectivity index (χ0) is 20.3. The van der Waals surface area contributed by atoms with Crippen LogP contribution < -0.4 is 0 Å². The molecule has 0 unspecified atom stereocenters. The first kappa shape index (κ1) is 20.3. The van der Waals surface area contributed by atoms with Crippen LogP contribution in [0.25, 0.3) is 11.3 Å². The van der Waals surface area contributed by atoms with Crippen LogP contribution in [0, 0.1) is 11.6 Å². The molecule has 0 bridgehead atoms. The summed E-state index contributed by atoms with van der Waals surface area (Å²) in [6.45, 7) is 0.438. The minimum absolute atomic E-state index is 0.0704. The zero-order valence-corrected chi connectivity index (χ0v) is 16.5. The van der Waals surface area contributed by atoms with Gasteiger partial charge in [-0.1, -0.05) is 35.3 Å². The predicted octanol–water partition coefficient (Wildman–Crippen LogP) is 5.37. The van der Waals surface area contributed by atoms with Gasteiger partial charge in [-0.05, 0) is 43.2 Å². The Morgan fingerprint density at radius 2 is 1.93 bits per heavy atom. The number of carbonyl (C=O) groups excluding carboxylic acids is 1. The van der Waals surface area contributed by atoms with E-state index in [2.05, 4.69) is 10.2 Å². The largest absolute Gasteiger partial charge is 0.342 e. The van der Waals surface area contributed by atoms with E-state index in [1.165, 1.54) is 23.1 Å². The van der Waals surface area contributed by atoms with Crippen LogP contribution in [0.2, 0.25) is 10.0 Å². The normalized spacial score (nSPS) is 10.9. The second kappa shape index (κ2) is 8.71. The molecule has 146 valence electrons. The monoisotopic (exact) mass is 423 g/mol. The number of benzene rings is 2. The smallest absolute Gasteiger partial charge is 0.255 e. The molecule has 0 aliphatic carbocycles. The molecular formula is C20H17Cl2F2N3O. The van der Waals surface area contributed by atoms with Crippen LogP contribution in [0.4, 0.5) is 8.78 Å². The average molecular weight is 424 g/mol. The Labute approximate surface area is 171 Å². The van der Waals surface area contributed by atoms with Gasteiger partial charge in [0.1, 0.15) is 11.6 Å². The number of rotatable bonds is 6. The van der Waals surface area contributed by atoms with Crippen LogP contribution in [0.3, 0.4) is 0 Å². The van der Waals surface area contributed by atoms with Crippen molar-refractivity contribution in [2.45, 2.75) is 12.8 Å². The maximum absolute atomic E-state index is 13.6. The SMILES string of the molecule is CN(CCCc1cc(-c2cccc(F)c2)n[nH]1)C(=O)c1cc(F)c(Cl)cc1Cl. The van der Waals surface area contributed by atoms with Crippen LogP contribution in [-0.4, -0.2) is 34.6 Å². The highest BCUT2D eigenvalue weighted by Crippen LogP contribution is 2.25. The standard InChI is InChI=1S/C20H17Cl2F2N3O/c1-27(20(28)15-10-18(24)17(22)11-16(15)21)7-3-6-14-9-19(26-25-14)12-4-2-5-13(23)8-12/h2,4-5,8-11H,3,6-7H2,1H3,(H,25,26). The van der Waals surface area contributed by atoms with Crippen LogP contribution in [0.15, 0.2) is 42.5 Å². The maximum atomic E-state index is 13.6. The lowest BCUT2D eigenvalue weighted by Gasteiger charge is -2.18. The zero-order valence-electron chi connectivity index (χ0n) is 15.0. The molecule has 0 spiro atoms. The fraction of sp³-hybridized carbons (Fsp3) is 0.200. The highest BCUT2D eigenvalue weighted by atomic mass is 35.5. The maximum Gasteiger partial charge on any atom is 0.255 e. The van der Waals surface area contributed by atoms with E-state index in [0.717, 1.165) is 11.8 Å². The molecule has 28 heavy (non-hydrogen) atoms. The third kappa shape index (κ3) is 4.69. The summed E-state index contributed by atoms with van der Waals surface area (Å²) < 4.78 is 27.0. The number of nitrogens with one attached hydrogen (secondary N) is 1. The fourth-order valence-corrected chi connectivity index (χ4v) is 3.25. The van der Waals surface area contributed by atoms with Gasteiger partial charge in [-0.25, -0.2) is 8.78 Å². The Bertz CT molecular complexity index is 1010. The molecule has 0 atom stereocenters. The summed E-state index contributed by atoms with van der Waals surface area (Å²) in [6.07, 6.45) is 1.30. The summed E-state index contributed by atoms with van der Waals surface area (Å²) in [7, 11) is 1.62. The van der Waals surface area contributed by atoms with Crippen LogP contribution in [-0.2, 0) is 6.42 Å². The van der Waals surface area contributed by atoms with Crippen LogP contribution in [0.1, 0.15) is 22.5 Å². The summed E-state index contributed by atoms with van der Waals surface area (Å²) in [6, 6.07) is 10.3. The van der Waals surface area contributed by atoms with Crippen molar-refractivity contribution in [2.75, 3.05) is 13.6 Å². The third-order valence-electron chi connectivity index (χ3n) is 4.28. The first-order valence-corrected chi connectivity index (χ1v) is 9.31. The molecule has 1 heterocycles. The lowest BCUT2D eigenvalue weighted by Crippen LogP contribution is -2.28. The number of H-pyrrole nitrogens is 1. The van der Waals surface area contributed by atoms with E-state index in [1.807, 2.05) is 6.07 Å². The molecule has 1 amide bonds. The molecule has 2 aromatic carbocycles. The molecular weight excluding hydrogens is 407 g/mol. The van der Waals surface area contributed by atoms with Gasteiger partial charge in [0.2, 0.25) is 0 Å². The first-order chi connectivity index (χ1) is 13.3. The van der Waals surface area contributed by atoms with Crippen molar-refractivity contribution in [3.8, 4) is 11.3 Å². The molecule has 3 aromatic rings. The van der Waals surface area contributed by atoms with E-state index in [4.69, 9.17) is 23.2 Å². The molecule has 3 rings (SSSR count). The van der Waals surface area contributed by atoms with E-state index < -0.39 is 5.82 Å². The molecule has 0 aliphatic rings. The Hall–Kier alpha value is -2.44. The van der Waals surface area contributed by atoms with Crippen molar-refractivity contribution in [2.24, 2.45) is 0 Å². The highest BCUT2D eigenvalue weighted by Gasteiger charge is 2.18. The van der Waals surface area contributed by atoms with Crippen molar-refractivity contribution in [3.05, 3.63) is 75.4 Å². The Morgan fingerprint density at radius 3 is 2.68 bits per heavy atom. The summed E-state index contributed by atoms with van der Waals surface area (Å²) >= 11 is 11.7. The lowest BCUT2D eigenvalue weighted by molar-refractivity contribution is 0.0793. The van der Waals surface area contributed by atoms with Crippen molar-refractivity contribution < 1.29 is 13.6 Å². The van der Waals surface area contributed by atoms with Crippen molar-refractivity contribution in [3.63, 3.8) is 0 Å². The fourth-order valence-electron chi connectivity index (χ4n) is 2.79. The van der Waals surface area contributed by atoms with Crippen LogP contribution in [0.5, 0.6) is 0 Å². The molecule has 0 aliphatic heterocycles. The number of hydrogen-bond donors (Lipinski definition) is 1. The molecule has 1 aromatic heterocycles. The second-order valence-electron chi connectivity index (χ2n) is 6.37. The van der Waals surface area contributed by atoms with E-state index in [9.17, 15) is 13.6 Å². The number of hydrogen-bond acceptors (Lipinski definition) is 2. The highest BCUT2D eigenvalue weighted by molar-refractivity contribution is 6.36. The van der Waals surface area contributed by atoms with Gasteiger partial charge in [-0.3, -0.25) is 9.89 Å². The minimum Gasteiger partial charge on any atom is -0.342 e. The average Bonchev–Trinajstić information content (AvgIpc) is 3.13. The number of amides is 1.